The quantitative estimate of drug-likeness (QED) is 0.572. The Morgan fingerprint density at radius 1 is 1.00 bits per heavy atom. The Kier molecular flexibility index (Phi) is 4.11. The second kappa shape index (κ2) is 6.36. The number of phenolic OH excluding ortho intramolecular Hbond substituents is 1. The highest BCUT2D eigenvalue weighted by Gasteiger charge is 2.02. The van der Waals surface area contributed by atoms with Crippen molar-refractivity contribution in [2.45, 2.75) is 0 Å². The van der Waals surface area contributed by atoms with Crippen molar-refractivity contribution in [2.75, 3.05) is 7.11 Å². The van der Waals surface area contributed by atoms with E-state index < -0.39 is 0 Å². The number of hydrogen-bond donors (Lipinski definition) is 1. The summed E-state index contributed by atoms with van der Waals surface area (Å²) in [5.74, 6) is 0.763. The maximum absolute atomic E-state index is 12.1. The van der Waals surface area contributed by atoms with Gasteiger partial charge in [0, 0.05) is 5.56 Å². The molecule has 0 spiro atoms. The molecule has 0 amide bonds. The van der Waals surface area contributed by atoms with Crippen LogP contribution >= 0.6 is 0 Å². The highest BCUT2D eigenvalue weighted by molar-refractivity contribution is 6.07. The second-order valence-electron chi connectivity index (χ2n) is 5.22. The summed E-state index contributed by atoms with van der Waals surface area (Å²) in [6.07, 6.45) is 3.29. The van der Waals surface area contributed by atoms with E-state index in [2.05, 4.69) is 0 Å². The molecule has 3 rings (SSSR count). The minimum absolute atomic E-state index is 0.0869. The molecule has 3 aromatic carbocycles. The Bertz CT molecular complexity index is 894. The van der Waals surface area contributed by atoms with Gasteiger partial charge in [-0.25, -0.2) is 0 Å². The number of methoxy groups -OCH3 is 1. The van der Waals surface area contributed by atoms with Gasteiger partial charge in [-0.05, 0) is 52.7 Å². The molecule has 0 aliphatic heterocycles. The van der Waals surface area contributed by atoms with Crippen LogP contribution in [0.5, 0.6) is 11.5 Å². The number of carbonyl (C=O) groups excluding carboxylic acids is 1. The molecule has 0 aliphatic carbocycles. The molecule has 0 saturated heterocycles. The normalized spacial score (nSPS) is 11.0. The summed E-state index contributed by atoms with van der Waals surface area (Å²) in [7, 11) is 1.64. The molecule has 114 valence electrons. The van der Waals surface area contributed by atoms with Crippen LogP contribution < -0.4 is 4.74 Å². The molecule has 3 nitrogen and oxygen atoms in total. The molecule has 3 aromatic rings. The summed E-state index contributed by atoms with van der Waals surface area (Å²) < 4.78 is 5.21. The fraction of sp³-hybridized carbons (Fsp3) is 0.0500. The van der Waals surface area contributed by atoms with Gasteiger partial charge < -0.3 is 9.84 Å². The largest absolute Gasteiger partial charge is 0.508 e. The molecule has 0 bridgehead atoms. The van der Waals surface area contributed by atoms with Gasteiger partial charge in [0.2, 0.25) is 0 Å². The van der Waals surface area contributed by atoms with Crippen LogP contribution in [0.1, 0.15) is 15.9 Å². The number of carbonyl (C=O) groups is 1. The summed E-state index contributed by atoms with van der Waals surface area (Å²) in [5, 5.41) is 11.6. The van der Waals surface area contributed by atoms with Gasteiger partial charge in [-0.2, -0.15) is 0 Å². The molecule has 1 N–H and O–H groups in total. The Hall–Kier alpha value is -3.07. The first-order valence-electron chi connectivity index (χ1n) is 7.25. The van der Waals surface area contributed by atoms with Gasteiger partial charge in [0.15, 0.2) is 5.78 Å². The number of fused-ring (bicyclic) bond motifs is 1. The van der Waals surface area contributed by atoms with Crippen LogP contribution in [-0.2, 0) is 0 Å². The number of phenols is 1. The lowest BCUT2D eigenvalue weighted by atomic mass is 10.0. The third-order valence-corrected chi connectivity index (χ3v) is 3.63. The molecule has 0 saturated carbocycles. The number of ketones is 1. The van der Waals surface area contributed by atoms with Crippen LogP contribution in [0, 0.1) is 0 Å². The van der Waals surface area contributed by atoms with E-state index in [9.17, 15) is 9.90 Å². The Labute approximate surface area is 134 Å². The molecular weight excluding hydrogens is 288 g/mol. The first kappa shape index (κ1) is 14.9. The van der Waals surface area contributed by atoms with Crippen molar-refractivity contribution in [1.29, 1.82) is 0 Å². The van der Waals surface area contributed by atoms with Crippen LogP contribution in [0.3, 0.4) is 0 Å². The van der Waals surface area contributed by atoms with E-state index in [1.807, 2.05) is 36.4 Å². The minimum Gasteiger partial charge on any atom is -0.508 e. The molecular formula is C20H16O3. The lowest BCUT2D eigenvalue weighted by molar-refractivity contribution is 0.104. The fourth-order valence-corrected chi connectivity index (χ4v) is 2.40. The zero-order chi connectivity index (χ0) is 16.2. The first-order chi connectivity index (χ1) is 11.2. The van der Waals surface area contributed by atoms with Crippen molar-refractivity contribution in [3.05, 3.63) is 77.9 Å². The van der Waals surface area contributed by atoms with Crippen molar-refractivity contribution >= 4 is 22.6 Å². The van der Waals surface area contributed by atoms with E-state index in [4.69, 9.17) is 4.74 Å². The zero-order valence-corrected chi connectivity index (χ0v) is 12.7. The third kappa shape index (κ3) is 3.40. The Morgan fingerprint density at radius 2 is 1.78 bits per heavy atom. The number of aromatic hydroxyl groups is 1. The number of benzene rings is 3. The predicted octanol–water partition coefficient (Wildman–Crippen LogP) is 4.45. The highest BCUT2D eigenvalue weighted by Crippen LogP contribution is 2.22. The SMILES string of the molecule is COc1ccc2cc(C=CC(=O)c3cccc(O)c3)ccc2c1. The summed E-state index contributed by atoms with van der Waals surface area (Å²) in [6, 6.07) is 18.2. The summed E-state index contributed by atoms with van der Waals surface area (Å²) in [6.45, 7) is 0. The highest BCUT2D eigenvalue weighted by atomic mass is 16.5. The molecule has 0 aliphatic rings. The van der Waals surface area contributed by atoms with Gasteiger partial charge >= 0.3 is 0 Å². The summed E-state index contributed by atoms with van der Waals surface area (Å²) in [5.41, 5.74) is 1.41. The van der Waals surface area contributed by atoms with Gasteiger partial charge in [-0.3, -0.25) is 4.79 Å². The topological polar surface area (TPSA) is 46.5 Å². The van der Waals surface area contributed by atoms with E-state index in [0.29, 0.717) is 5.56 Å². The van der Waals surface area contributed by atoms with Crippen LogP contribution in [0.2, 0.25) is 0 Å². The van der Waals surface area contributed by atoms with Crippen molar-refractivity contribution in [2.24, 2.45) is 0 Å². The average Bonchev–Trinajstić information content (AvgIpc) is 2.59. The average molecular weight is 304 g/mol. The molecule has 0 aromatic heterocycles. The van der Waals surface area contributed by atoms with E-state index in [0.717, 1.165) is 22.1 Å². The smallest absolute Gasteiger partial charge is 0.185 e. The molecule has 23 heavy (non-hydrogen) atoms. The number of hydrogen-bond acceptors (Lipinski definition) is 3. The molecule has 3 heteroatoms. The van der Waals surface area contributed by atoms with Crippen molar-refractivity contribution in [1.82, 2.24) is 0 Å². The van der Waals surface area contributed by atoms with Crippen LogP contribution in [-0.4, -0.2) is 18.0 Å². The molecule has 0 fully saturated rings. The third-order valence-electron chi connectivity index (χ3n) is 3.63. The fourth-order valence-electron chi connectivity index (χ4n) is 2.40. The van der Waals surface area contributed by atoms with Crippen LogP contribution in [0.4, 0.5) is 0 Å². The van der Waals surface area contributed by atoms with Gasteiger partial charge in [-0.1, -0.05) is 36.4 Å². The number of ether oxygens (including phenoxy) is 1. The van der Waals surface area contributed by atoms with Gasteiger partial charge in [-0.15, -0.1) is 0 Å². The molecule has 0 atom stereocenters. The predicted molar refractivity (Wildman–Crippen MR) is 92.0 cm³/mol. The van der Waals surface area contributed by atoms with E-state index in [-0.39, 0.29) is 11.5 Å². The molecule has 0 unspecified atom stereocenters. The lowest BCUT2D eigenvalue weighted by Crippen LogP contribution is -1.93. The van der Waals surface area contributed by atoms with Crippen molar-refractivity contribution in [3.63, 3.8) is 0 Å². The van der Waals surface area contributed by atoms with Crippen molar-refractivity contribution < 1.29 is 14.6 Å². The van der Waals surface area contributed by atoms with E-state index in [1.165, 1.54) is 18.2 Å². The van der Waals surface area contributed by atoms with Gasteiger partial charge in [0.05, 0.1) is 7.11 Å². The van der Waals surface area contributed by atoms with E-state index in [1.54, 1.807) is 25.3 Å². The standard InChI is InChI=1S/C20H16O3/c1-23-19-9-8-15-11-14(5-7-16(15)13-19)6-10-20(22)17-3-2-4-18(21)12-17/h2-13,21H,1H3. The van der Waals surface area contributed by atoms with Gasteiger partial charge in [0.25, 0.3) is 0 Å². The minimum atomic E-state index is -0.143. The first-order valence-corrected chi connectivity index (χ1v) is 7.25. The number of rotatable bonds is 4. The maximum Gasteiger partial charge on any atom is 0.185 e. The summed E-state index contributed by atoms with van der Waals surface area (Å²) >= 11 is 0. The maximum atomic E-state index is 12.1. The van der Waals surface area contributed by atoms with Gasteiger partial charge in [0.1, 0.15) is 11.5 Å². The Balaban J connectivity index is 1.84. The summed E-state index contributed by atoms with van der Waals surface area (Å²) in [4.78, 5) is 12.1. The van der Waals surface area contributed by atoms with Crippen LogP contribution in [0.15, 0.2) is 66.7 Å². The molecule has 0 radical (unpaired) electrons. The second-order valence-corrected chi connectivity index (χ2v) is 5.22. The molecule has 0 heterocycles. The lowest BCUT2D eigenvalue weighted by Gasteiger charge is -2.03. The van der Waals surface area contributed by atoms with E-state index >= 15 is 0 Å². The zero-order valence-electron chi connectivity index (χ0n) is 12.7. The number of allylic oxidation sites excluding steroid dienone is 1. The Morgan fingerprint density at radius 3 is 2.57 bits per heavy atom. The monoisotopic (exact) mass is 304 g/mol. The van der Waals surface area contributed by atoms with Crippen molar-refractivity contribution in [3.8, 4) is 11.5 Å². The van der Waals surface area contributed by atoms with Crippen LogP contribution in [0.25, 0.3) is 16.8 Å².